The average Bonchev–Trinajstić information content (AvgIpc) is 3.39. The van der Waals surface area contributed by atoms with Crippen molar-refractivity contribution in [3.8, 4) is 0 Å². The van der Waals surface area contributed by atoms with Gasteiger partial charge in [-0.2, -0.15) is 4.98 Å². The number of benzene rings is 1. The maximum atomic E-state index is 6.06. The Morgan fingerprint density at radius 3 is 2.58 bits per heavy atom. The van der Waals surface area contributed by atoms with Gasteiger partial charge in [0.2, 0.25) is 5.89 Å². The van der Waals surface area contributed by atoms with Gasteiger partial charge in [-0.05, 0) is 50.2 Å². The highest BCUT2D eigenvalue weighted by atomic mass is 16.5. The van der Waals surface area contributed by atoms with Crippen molar-refractivity contribution in [1.82, 2.24) is 15.0 Å². The summed E-state index contributed by atoms with van der Waals surface area (Å²) >= 11 is 0. The highest BCUT2D eigenvalue weighted by Crippen LogP contribution is 2.42. The van der Waals surface area contributed by atoms with Gasteiger partial charge in [-0.3, -0.25) is 0 Å². The van der Waals surface area contributed by atoms with Gasteiger partial charge in [0, 0.05) is 23.4 Å². The second-order valence-corrected chi connectivity index (χ2v) is 8.40. The van der Waals surface area contributed by atoms with Gasteiger partial charge >= 0.3 is 0 Å². The molecule has 1 saturated carbocycles. The van der Waals surface area contributed by atoms with E-state index in [0.717, 1.165) is 23.6 Å². The third-order valence-electron chi connectivity index (χ3n) is 6.19. The van der Waals surface area contributed by atoms with Gasteiger partial charge in [0.25, 0.3) is 0 Å². The highest BCUT2D eigenvalue weighted by Gasteiger charge is 2.32. The summed E-state index contributed by atoms with van der Waals surface area (Å²) in [5.41, 5.74) is 4.43. The van der Waals surface area contributed by atoms with Crippen LogP contribution in [0.1, 0.15) is 87.7 Å². The molecule has 174 valence electrons. The fraction of sp³-hybridized carbons (Fsp3) is 0.462. The number of rotatable bonds is 6. The molecule has 2 aliphatic heterocycles. The molecule has 3 aliphatic rings. The molecule has 2 fully saturated rings. The van der Waals surface area contributed by atoms with Crippen molar-refractivity contribution in [3.05, 3.63) is 70.8 Å². The smallest absolute Gasteiger partial charge is 0.246 e. The van der Waals surface area contributed by atoms with Crippen LogP contribution < -0.4 is 0 Å². The Labute approximate surface area is 196 Å². The molecule has 3 heterocycles. The molecule has 0 unspecified atom stereocenters. The van der Waals surface area contributed by atoms with Gasteiger partial charge in [-0.15, -0.1) is 0 Å². The quantitative estimate of drug-likeness (QED) is 0.516. The molecule has 7 heteroatoms. The van der Waals surface area contributed by atoms with Crippen molar-refractivity contribution in [2.24, 2.45) is 9.98 Å². The summed E-state index contributed by atoms with van der Waals surface area (Å²) < 4.78 is 11.6. The van der Waals surface area contributed by atoms with Crippen molar-refractivity contribution in [2.45, 2.75) is 71.4 Å². The van der Waals surface area contributed by atoms with E-state index in [-0.39, 0.29) is 12.0 Å². The largest absolute Gasteiger partial charge is 0.373 e. The van der Waals surface area contributed by atoms with Crippen molar-refractivity contribution < 1.29 is 9.26 Å². The number of hydrogen-bond donors (Lipinski definition) is 0. The minimum Gasteiger partial charge on any atom is -0.373 e. The van der Waals surface area contributed by atoms with Gasteiger partial charge in [0.15, 0.2) is 11.6 Å². The SMILES string of the molecule is C=C1C(C)=C(/N=C\C)N=CN1Cc1nc([C@@H]2CO[C@@H](c3ccc(C4CC4)cc3)C2)no1.CC. The molecule has 33 heavy (non-hydrogen) atoms. The van der Waals surface area contributed by atoms with Crippen LogP contribution in [-0.4, -0.2) is 34.2 Å². The molecule has 5 rings (SSSR count). The fourth-order valence-electron chi connectivity index (χ4n) is 4.11. The van der Waals surface area contributed by atoms with Crippen LogP contribution in [0.2, 0.25) is 0 Å². The number of aromatic nitrogens is 2. The average molecular weight is 448 g/mol. The molecule has 0 radical (unpaired) electrons. The first-order chi connectivity index (χ1) is 16.1. The number of allylic oxidation sites excluding steroid dienone is 1. The van der Waals surface area contributed by atoms with Crippen LogP contribution in [0, 0.1) is 0 Å². The Morgan fingerprint density at radius 2 is 1.88 bits per heavy atom. The zero-order valence-electron chi connectivity index (χ0n) is 20.0. The summed E-state index contributed by atoms with van der Waals surface area (Å²) in [5.74, 6) is 2.82. The van der Waals surface area contributed by atoms with Gasteiger partial charge in [-0.25, -0.2) is 9.98 Å². The van der Waals surface area contributed by atoms with Gasteiger partial charge < -0.3 is 14.2 Å². The lowest BCUT2D eigenvalue weighted by atomic mass is 9.98. The van der Waals surface area contributed by atoms with Crippen LogP contribution in [0.15, 0.2) is 62.4 Å². The van der Waals surface area contributed by atoms with E-state index in [4.69, 9.17) is 9.26 Å². The lowest BCUT2D eigenvalue weighted by Gasteiger charge is -2.24. The van der Waals surface area contributed by atoms with Crippen LogP contribution in [0.25, 0.3) is 0 Å². The molecule has 0 spiro atoms. The van der Waals surface area contributed by atoms with E-state index in [1.54, 1.807) is 12.6 Å². The van der Waals surface area contributed by atoms with E-state index in [9.17, 15) is 0 Å². The van der Waals surface area contributed by atoms with Crippen LogP contribution in [0.5, 0.6) is 0 Å². The second-order valence-electron chi connectivity index (χ2n) is 8.40. The molecule has 7 nitrogen and oxygen atoms in total. The molecule has 2 atom stereocenters. The molecule has 0 N–H and O–H groups in total. The molecule has 1 aliphatic carbocycles. The van der Waals surface area contributed by atoms with Gasteiger partial charge in [-0.1, -0.05) is 49.8 Å². The number of hydrogen-bond acceptors (Lipinski definition) is 7. The normalized spacial score (nSPS) is 22.8. The zero-order valence-corrected chi connectivity index (χ0v) is 20.0. The molecular formula is C26H33N5O2. The molecule has 1 aromatic carbocycles. The number of nitrogens with zero attached hydrogens (tertiary/aromatic N) is 5. The molecule has 0 amide bonds. The third kappa shape index (κ3) is 5.14. The van der Waals surface area contributed by atoms with E-state index in [2.05, 4.69) is 51.0 Å². The Morgan fingerprint density at radius 1 is 1.15 bits per heavy atom. The minimum absolute atomic E-state index is 0.0829. The molecule has 0 bridgehead atoms. The topological polar surface area (TPSA) is 76.1 Å². The van der Waals surface area contributed by atoms with Crippen molar-refractivity contribution >= 4 is 12.6 Å². The Hall–Kier alpha value is -3.06. The highest BCUT2D eigenvalue weighted by molar-refractivity contribution is 5.66. The zero-order chi connectivity index (χ0) is 23.4. The Balaban J connectivity index is 0.00000126. The van der Waals surface area contributed by atoms with Crippen LogP contribution in [-0.2, 0) is 11.3 Å². The lowest BCUT2D eigenvalue weighted by molar-refractivity contribution is 0.110. The standard InChI is InChI=1S/C24H27N5O2.C2H6/c1-4-25-23-15(2)16(3)29(14-26-23)12-22-27-24(28-31-22)20-11-21(30-13-20)19-9-7-18(8-10-19)17-5-6-17;1-2/h4,7-10,14,17,20-21H,3,5-6,11-13H2,1-2H3;1-2H3/b25-4-;/t20-,21+;/m0./s1. The van der Waals surface area contributed by atoms with Crippen molar-refractivity contribution in [1.29, 1.82) is 0 Å². The maximum absolute atomic E-state index is 6.06. The first kappa shape index (κ1) is 23.1. The minimum atomic E-state index is 0.0829. The van der Waals surface area contributed by atoms with Gasteiger partial charge in [0.1, 0.15) is 6.54 Å². The summed E-state index contributed by atoms with van der Waals surface area (Å²) in [6, 6.07) is 8.90. The number of aliphatic imine (C=N–C) groups is 2. The molecule has 2 aromatic rings. The van der Waals surface area contributed by atoms with E-state index in [1.165, 1.54) is 24.0 Å². The predicted octanol–water partition coefficient (Wildman–Crippen LogP) is 5.90. The summed E-state index contributed by atoms with van der Waals surface area (Å²) in [6.07, 6.45) is 7.02. The Kier molecular flexibility index (Phi) is 7.18. The lowest BCUT2D eigenvalue weighted by Crippen LogP contribution is -2.24. The van der Waals surface area contributed by atoms with Crippen molar-refractivity contribution in [3.63, 3.8) is 0 Å². The summed E-state index contributed by atoms with van der Waals surface area (Å²) in [7, 11) is 0. The molecule has 1 aromatic heterocycles. The predicted molar refractivity (Wildman–Crippen MR) is 130 cm³/mol. The molecule has 1 saturated heterocycles. The molecular weight excluding hydrogens is 414 g/mol. The first-order valence-corrected chi connectivity index (χ1v) is 11.9. The first-order valence-electron chi connectivity index (χ1n) is 11.9. The van der Waals surface area contributed by atoms with E-state index in [0.29, 0.717) is 30.7 Å². The van der Waals surface area contributed by atoms with E-state index in [1.807, 2.05) is 32.6 Å². The second kappa shape index (κ2) is 10.3. The Bertz CT molecular complexity index is 1060. The maximum Gasteiger partial charge on any atom is 0.246 e. The van der Waals surface area contributed by atoms with Crippen LogP contribution >= 0.6 is 0 Å². The summed E-state index contributed by atoms with van der Waals surface area (Å²) in [6.45, 7) is 13.0. The third-order valence-corrected chi connectivity index (χ3v) is 6.19. The summed E-state index contributed by atoms with van der Waals surface area (Å²) in [4.78, 5) is 15.2. The monoisotopic (exact) mass is 447 g/mol. The summed E-state index contributed by atoms with van der Waals surface area (Å²) in [5, 5.41) is 4.22. The number of ether oxygens (including phenoxy) is 1. The van der Waals surface area contributed by atoms with E-state index >= 15 is 0 Å². The van der Waals surface area contributed by atoms with E-state index < -0.39 is 0 Å². The van der Waals surface area contributed by atoms with Crippen LogP contribution in [0.3, 0.4) is 0 Å². The van der Waals surface area contributed by atoms with Crippen molar-refractivity contribution in [2.75, 3.05) is 6.61 Å². The fourth-order valence-corrected chi connectivity index (χ4v) is 4.11. The van der Waals surface area contributed by atoms with Gasteiger partial charge in [0.05, 0.1) is 19.0 Å². The van der Waals surface area contributed by atoms with Crippen LogP contribution in [0.4, 0.5) is 0 Å².